The Hall–Kier alpha value is -2.67. The summed E-state index contributed by atoms with van der Waals surface area (Å²) in [4.78, 5) is 37.8. The number of fused-ring (bicyclic) bond motifs is 1. The second-order valence-electron chi connectivity index (χ2n) is 6.85. The summed E-state index contributed by atoms with van der Waals surface area (Å²) in [6.45, 7) is 3.33. The number of rotatable bonds is 6. The van der Waals surface area contributed by atoms with Crippen molar-refractivity contribution in [3.8, 4) is 0 Å². The fourth-order valence-corrected chi connectivity index (χ4v) is 4.56. The van der Waals surface area contributed by atoms with Crippen LogP contribution in [-0.4, -0.2) is 23.9 Å². The zero-order valence-corrected chi connectivity index (χ0v) is 16.9. The van der Waals surface area contributed by atoms with Gasteiger partial charge in [-0.2, -0.15) is 0 Å². The number of benzene rings is 1. The maximum atomic E-state index is 12.8. The maximum Gasteiger partial charge on any atom is 0.342 e. The van der Waals surface area contributed by atoms with Crippen molar-refractivity contribution in [2.75, 3.05) is 5.32 Å². The minimum absolute atomic E-state index is 0.235. The van der Waals surface area contributed by atoms with Crippen LogP contribution in [0.4, 0.5) is 5.00 Å². The molecule has 0 saturated carbocycles. The molecule has 1 aromatic heterocycles. The smallest absolute Gasteiger partial charge is 0.342 e. The molecule has 2 N–H and O–H groups in total. The topological polar surface area (TPSA) is 84.5 Å². The molecule has 2 aromatic rings. The van der Waals surface area contributed by atoms with E-state index in [-0.39, 0.29) is 11.8 Å². The normalized spacial score (nSPS) is 13.9. The fraction of sp³-hybridized carbons (Fsp3) is 0.381. The van der Waals surface area contributed by atoms with Gasteiger partial charge >= 0.3 is 5.97 Å². The van der Waals surface area contributed by atoms with E-state index in [1.54, 1.807) is 6.92 Å². The van der Waals surface area contributed by atoms with Gasteiger partial charge < -0.3 is 15.4 Å². The number of thiophene rings is 1. The predicted molar refractivity (Wildman–Crippen MR) is 108 cm³/mol. The molecule has 0 unspecified atom stereocenters. The van der Waals surface area contributed by atoms with E-state index >= 15 is 0 Å². The van der Waals surface area contributed by atoms with Crippen LogP contribution in [0.1, 0.15) is 53.1 Å². The Labute approximate surface area is 168 Å². The van der Waals surface area contributed by atoms with Gasteiger partial charge in [0, 0.05) is 18.3 Å². The molecule has 7 heteroatoms. The Morgan fingerprint density at radius 2 is 1.86 bits per heavy atom. The molecule has 0 radical (unpaired) electrons. The number of aryl methyl sites for hydroxylation is 1. The van der Waals surface area contributed by atoms with Gasteiger partial charge in [0.25, 0.3) is 5.91 Å². The van der Waals surface area contributed by atoms with Crippen molar-refractivity contribution >= 4 is 34.1 Å². The predicted octanol–water partition coefficient (Wildman–Crippen LogP) is 3.45. The molecule has 0 fully saturated rings. The number of carbonyl (C=O) groups is 3. The Morgan fingerprint density at radius 3 is 2.57 bits per heavy atom. The van der Waals surface area contributed by atoms with E-state index in [0.29, 0.717) is 17.1 Å². The largest absolute Gasteiger partial charge is 0.449 e. The first-order chi connectivity index (χ1) is 13.5. The monoisotopic (exact) mass is 400 g/mol. The van der Waals surface area contributed by atoms with Crippen LogP contribution >= 0.6 is 11.3 Å². The van der Waals surface area contributed by atoms with Gasteiger partial charge in [-0.3, -0.25) is 9.59 Å². The molecule has 0 spiro atoms. The lowest BCUT2D eigenvalue weighted by atomic mass is 9.95. The summed E-state index contributed by atoms with van der Waals surface area (Å²) in [5.74, 6) is -1.16. The van der Waals surface area contributed by atoms with E-state index in [4.69, 9.17) is 4.74 Å². The van der Waals surface area contributed by atoms with Crippen LogP contribution in [0.25, 0.3) is 0 Å². The van der Waals surface area contributed by atoms with Crippen molar-refractivity contribution < 1.29 is 19.1 Å². The highest BCUT2D eigenvalue weighted by atomic mass is 32.1. The standard InChI is InChI=1S/C21H24N2O4S/c1-13(19(25)22-12-15-8-4-3-5-9-15)27-21(26)18-16-10-6-7-11-17(16)28-20(18)23-14(2)24/h3-5,8-9,13H,6-7,10-12H2,1-2H3,(H,22,25)(H,23,24)/t13-/m1/s1. The second kappa shape index (κ2) is 9.01. The van der Waals surface area contributed by atoms with Crippen molar-refractivity contribution in [3.63, 3.8) is 0 Å². The fourth-order valence-electron chi connectivity index (χ4n) is 3.23. The van der Waals surface area contributed by atoms with Crippen LogP contribution in [0.3, 0.4) is 0 Å². The van der Waals surface area contributed by atoms with E-state index in [9.17, 15) is 14.4 Å². The quantitative estimate of drug-likeness (QED) is 0.728. The number of nitrogens with one attached hydrogen (secondary N) is 2. The van der Waals surface area contributed by atoms with Crippen LogP contribution in [0, 0.1) is 0 Å². The SMILES string of the molecule is CC(=O)Nc1sc2c(c1C(=O)O[C@H](C)C(=O)NCc1ccccc1)CCCC2. The molecule has 148 valence electrons. The van der Waals surface area contributed by atoms with Gasteiger partial charge in [0.05, 0.1) is 5.56 Å². The Bertz CT molecular complexity index is 876. The number of hydrogen-bond donors (Lipinski definition) is 2. The summed E-state index contributed by atoms with van der Waals surface area (Å²) in [6.07, 6.45) is 2.81. The van der Waals surface area contributed by atoms with Gasteiger partial charge in [-0.25, -0.2) is 4.79 Å². The average molecular weight is 401 g/mol. The maximum absolute atomic E-state index is 12.8. The van der Waals surface area contributed by atoms with Crippen molar-refractivity contribution in [2.24, 2.45) is 0 Å². The number of esters is 1. The van der Waals surface area contributed by atoms with Crippen molar-refractivity contribution in [1.82, 2.24) is 5.32 Å². The molecule has 0 bridgehead atoms. The van der Waals surface area contributed by atoms with Crippen molar-refractivity contribution in [3.05, 3.63) is 51.9 Å². The molecule has 1 aliphatic rings. The summed E-state index contributed by atoms with van der Waals surface area (Å²) < 4.78 is 5.44. The highest BCUT2D eigenvalue weighted by Gasteiger charge is 2.29. The average Bonchev–Trinajstić information content (AvgIpc) is 3.03. The number of hydrogen-bond acceptors (Lipinski definition) is 5. The summed E-state index contributed by atoms with van der Waals surface area (Å²) in [5, 5.41) is 6.03. The highest BCUT2D eigenvalue weighted by molar-refractivity contribution is 7.17. The van der Waals surface area contributed by atoms with Gasteiger partial charge in [-0.15, -0.1) is 11.3 Å². The Morgan fingerprint density at radius 1 is 1.14 bits per heavy atom. The van der Waals surface area contributed by atoms with E-state index < -0.39 is 12.1 Å². The molecule has 0 saturated heterocycles. The summed E-state index contributed by atoms with van der Waals surface area (Å²) >= 11 is 1.43. The first-order valence-electron chi connectivity index (χ1n) is 9.40. The minimum Gasteiger partial charge on any atom is -0.449 e. The zero-order valence-electron chi connectivity index (χ0n) is 16.0. The molecular weight excluding hydrogens is 376 g/mol. The van der Waals surface area contributed by atoms with Gasteiger partial charge in [0.2, 0.25) is 5.91 Å². The summed E-state index contributed by atoms with van der Waals surface area (Å²) in [6, 6.07) is 9.52. The third kappa shape index (κ3) is 4.78. The van der Waals surface area contributed by atoms with Crippen molar-refractivity contribution in [2.45, 2.75) is 52.2 Å². The van der Waals surface area contributed by atoms with E-state index in [1.165, 1.54) is 18.3 Å². The Kier molecular flexibility index (Phi) is 6.46. The Balaban J connectivity index is 1.68. The van der Waals surface area contributed by atoms with Gasteiger partial charge in [-0.05, 0) is 43.7 Å². The van der Waals surface area contributed by atoms with Crippen LogP contribution in [0.5, 0.6) is 0 Å². The summed E-state index contributed by atoms with van der Waals surface area (Å²) in [7, 11) is 0. The highest BCUT2D eigenvalue weighted by Crippen LogP contribution is 2.38. The van der Waals surface area contributed by atoms with Crippen LogP contribution in [-0.2, 0) is 33.7 Å². The van der Waals surface area contributed by atoms with E-state index in [2.05, 4.69) is 10.6 Å². The molecule has 3 rings (SSSR count). The van der Waals surface area contributed by atoms with Gasteiger partial charge in [-0.1, -0.05) is 30.3 Å². The molecule has 1 aliphatic carbocycles. The van der Waals surface area contributed by atoms with Crippen molar-refractivity contribution in [1.29, 1.82) is 0 Å². The van der Waals surface area contributed by atoms with E-state index in [0.717, 1.165) is 41.7 Å². The molecule has 2 amide bonds. The second-order valence-corrected chi connectivity index (χ2v) is 7.95. The third-order valence-electron chi connectivity index (χ3n) is 4.63. The van der Waals surface area contributed by atoms with Gasteiger partial charge in [0.1, 0.15) is 5.00 Å². The molecule has 6 nitrogen and oxygen atoms in total. The number of anilines is 1. The molecule has 1 heterocycles. The van der Waals surface area contributed by atoms with E-state index in [1.807, 2.05) is 30.3 Å². The molecule has 0 aliphatic heterocycles. The molecule has 1 atom stereocenters. The van der Waals surface area contributed by atoms with Crippen LogP contribution < -0.4 is 10.6 Å². The lowest BCUT2D eigenvalue weighted by Crippen LogP contribution is -2.35. The molecular formula is C21H24N2O4S. The number of carbonyl (C=O) groups excluding carboxylic acids is 3. The first kappa shape index (κ1) is 20.1. The minimum atomic E-state index is -0.930. The van der Waals surface area contributed by atoms with Gasteiger partial charge in [0.15, 0.2) is 6.10 Å². The van der Waals surface area contributed by atoms with Crippen LogP contribution in [0.2, 0.25) is 0 Å². The van der Waals surface area contributed by atoms with Crippen LogP contribution in [0.15, 0.2) is 30.3 Å². The first-order valence-corrected chi connectivity index (χ1v) is 10.2. The third-order valence-corrected chi connectivity index (χ3v) is 5.83. The summed E-state index contributed by atoms with van der Waals surface area (Å²) in [5.41, 5.74) is 2.31. The number of ether oxygens (including phenoxy) is 1. The zero-order chi connectivity index (χ0) is 20.1. The molecule has 28 heavy (non-hydrogen) atoms. The lowest BCUT2D eigenvalue weighted by molar-refractivity contribution is -0.129. The number of amides is 2. The molecule has 1 aromatic carbocycles. The lowest BCUT2D eigenvalue weighted by Gasteiger charge is -2.16.